The number of urea groups is 2. The minimum absolute atomic E-state index is 0.0864. The molecule has 7 N–H and O–H groups in total. The third-order valence-corrected chi connectivity index (χ3v) is 5.36. The third kappa shape index (κ3) is 11.8. The first kappa shape index (κ1) is 27.5. The number of carbonyl (C=O) groups excluding carboxylic acids is 2. The molecule has 0 aromatic carbocycles. The van der Waals surface area contributed by atoms with Crippen LogP contribution in [0.3, 0.4) is 0 Å². The molecule has 0 unspecified atom stereocenters. The van der Waals surface area contributed by atoms with Crippen molar-refractivity contribution in [2.24, 2.45) is 32.3 Å². The lowest BCUT2D eigenvalue weighted by molar-refractivity contribution is 0.133. The van der Waals surface area contributed by atoms with Gasteiger partial charge in [0.1, 0.15) is 0 Å². The second kappa shape index (κ2) is 13.1. The summed E-state index contributed by atoms with van der Waals surface area (Å²) in [5.74, 6) is 0.272. The maximum atomic E-state index is 12.9. The normalized spacial score (nSPS) is 17.9. The molecule has 0 aliphatic carbocycles. The minimum Gasteiger partial charge on any atom is -0.370 e. The number of guanidine groups is 2. The Morgan fingerprint density at radius 2 is 1.75 bits per heavy atom. The van der Waals surface area contributed by atoms with Crippen LogP contribution in [0.15, 0.2) is 9.98 Å². The Balaban J connectivity index is 2.79. The second-order valence-corrected chi connectivity index (χ2v) is 10.2. The molecule has 1 aliphatic heterocycles. The van der Waals surface area contributed by atoms with Crippen LogP contribution in [-0.4, -0.2) is 62.1 Å². The SMILES string of the molecule is CNC(=O)NC(N)=NCC(C)(C)CC(C)(C)CN1CCCCCCCCN=C(N)NC1=O. The summed E-state index contributed by atoms with van der Waals surface area (Å²) in [7, 11) is 1.52. The van der Waals surface area contributed by atoms with E-state index >= 15 is 0 Å². The molecule has 1 aliphatic rings. The number of rotatable bonds is 6. The van der Waals surface area contributed by atoms with Gasteiger partial charge in [-0.1, -0.05) is 53.4 Å². The fourth-order valence-electron chi connectivity index (χ4n) is 4.24. The lowest BCUT2D eigenvalue weighted by Gasteiger charge is -2.38. The summed E-state index contributed by atoms with van der Waals surface area (Å²) in [5, 5.41) is 7.66. The fraction of sp³-hybridized carbons (Fsp3) is 0.818. The van der Waals surface area contributed by atoms with E-state index in [0.29, 0.717) is 26.2 Å². The maximum absolute atomic E-state index is 12.9. The van der Waals surface area contributed by atoms with Crippen LogP contribution in [0.4, 0.5) is 9.59 Å². The summed E-state index contributed by atoms with van der Waals surface area (Å²) in [6.07, 6.45) is 7.39. The molecule has 0 radical (unpaired) electrons. The average Bonchev–Trinajstić information content (AvgIpc) is 2.69. The van der Waals surface area contributed by atoms with Crippen molar-refractivity contribution < 1.29 is 9.59 Å². The summed E-state index contributed by atoms with van der Waals surface area (Å²) < 4.78 is 0. The zero-order chi connectivity index (χ0) is 24.2. The van der Waals surface area contributed by atoms with Crippen molar-refractivity contribution in [3.8, 4) is 0 Å². The monoisotopic (exact) mass is 452 g/mol. The second-order valence-electron chi connectivity index (χ2n) is 10.2. The molecule has 184 valence electrons. The standard InChI is InChI=1S/C22H44N8O2/c1-21(2,15-27-18(24)28-19(31)25-5)14-22(3,4)16-30-13-11-9-7-6-8-10-12-26-17(23)29-20(30)32/h6-16H2,1-5H3,(H3,23,26,29,32)(H4,24,25,27,28,31). The zero-order valence-corrected chi connectivity index (χ0v) is 20.6. The van der Waals surface area contributed by atoms with Crippen LogP contribution in [0.2, 0.25) is 0 Å². The Kier molecular flexibility index (Phi) is 11.3. The first-order valence-electron chi connectivity index (χ1n) is 11.6. The molecule has 0 fully saturated rings. The number of nitrogens with two attached hydrogens (primary N) is 2. The average molecular weight is 453 g/mol. The maximum Gasteiger partial charge on any atom is 0.324 e. The van der Waals surface area contributed by atoms with Crippen LogP contribution in [-0.2, 0) is 0 Å². The van der Waals surface area contributed by atoms with Crippen LogP contribution in [0.1, 0.15) is 72.6 Å². The fourth-order valence-corrected chi connectivity index (χ4v) is 4.24. The van der Waals surface area contributed by atoms with Gasteiger partial charge in [0.25, 0.3) is 0 Å². The highest BCUT2D eigenvalue weighted by Crippen LogP contribution is 2.34. The van der Waals surface area contributed by atoms with Crippen LogP contribution >= 0.6 is 0 Å². The summed E-state index contributed by atoms with van der Waals surface area (Å²) in [6, 6.07) is -0.599. The van der Waals surface area contributed by atoms with Crippen LogP contribution in [0.25, 0.3) is 0 Å². The van der Waals surface area contributed by atoms with Gasteiger partial charge >= 0.3 is 12.1 Å². The molecule has 0 aromatic heterocycles. The Labute approximate surface area is 193 Å². The van der Waals surface area contributed by atoms with E-state index in [0.717, 1.165) is 32.1 Å². The first-order valence-corrected chi connectivity index (χ1v) is 11.6. The number of aliphatic imine (C=N–C) groups is 2. The molecule has 10 nitrogen and oxygen atoms in total. The van der Waals surface area contributed by atoms with Crippen LogP contribution in [0, 0.1) is 10.8 Å². The molecular weight excluding hydrogens is 408 g/mol. The summed E-state index contributed by atoms with van der Waals surface area (Å²) in [6.45, 7) is 10.9. The van der Waals surface area contributed by atoms with Crippen molar-refractivity contribution in [1.82, 2.24) is 20.9 Å². The number of carbonyl (C=O) groups is 2. The molecule has 1 rings (SSSR count). The van der Waals surface area contributed by atoms with Crippen molar-refractivity contribution in [1.29, 1.82) is 0 Å². The quantitative estimate of drug-likeness (QED) is 0.310. The first-order chi connectivity index (χ1) is 14.9. The van der Waals surface area contributed by atoms with E-state index < -0.39 is 6.03 Å². The highest BCUT2D eigenvalue weighted by molar-refractivity contribution is 5.95. The summed E-state index contributed by atoms with van der Waals surface area (Å²) in [4.78, 5) is 34.7. The molecule has 32 heavy (non-hydrogen) atoms. The summed E-state index contributed by atoms with van der Waals surface area (Å²) >= 11 is 0. The molecular formula is C22H44N8O2. The minimum atomic E-state index is -0.399. The number of amides is 4. The van der Waals surface area contributed by atoms with Gasteiger partial charge in [-0.2, -0.15) is 0 Å². The molecule has 0 saturated carbocycles. The number of hydrogen-bond donors (Lipinski definition) is 5. The molecule has 0 aromatic rings. The van der Waals surface area contributed by atoms with Crippen molar-refractivity contribution in [2.75, 3.05) is 33.2 Å². The van der Waals surface area contributed by atoms with Gasteiger partial charge in [0.2, 0.25) is 0 Å². The summed E-state index contributed by atoms with van der Waals surface area (Å²) in [5.41, 5.74) is 11.4. The van der Waals surface area contributed by atoms with Crippen molar-refractivity contribution >= 4 is 24.0 Å². The number of nitrogens with one attached hydrogen (secondary N) is 3. The van der Waals surface area contributed by atoms with E-state index in [2.05, 4.69) is 53.6 Å². The molecule has 10 heteroatoms. The Hall–Kier alpha value is -2.52. The molecule has 0 saturated heterocycles. The number of hydrogen-bond acceptors (Lipinski definition) is 5. The molecule has 0 atom stereocenters. The van der Waals surface area contributed by atoms with Crippen molar-refractivity contribution in [3.05, 3.63) is 0 Å². The highest BCUT2D eigenvalue weighted by Gasteiger charge is 2.32. The van der Waals surface area contributed by atoms with E-state index in [1.54, 1.807) is 0 Å². The van der Waals surface area contributed by atoms with Crippen molar-refractivity contribution in [3.63, 3.8) is 0 Å². The van der Waals surface area contributed by atoms with E-state index in [9.17, 15) is 9.59 Å². The van der Waals surface area contributed by atoms with Gasteiger partial charge in [-0.25, -0.2) is 9.59 Å². The lowest BCUT2D eigenvalue weighted by Crippen LogP contribution is -2.49. The highest BCUT2D eigenvalue weighted by atomic mass is 16.2. The molecule has 0 bridgehead atoms. The van der Waals surface area contributed by atoms with E-state index in [1.807, 2.05) is 4.90 Å². The predicted octanol–water partition coefficient (Wildman–Crippen LogP) is 2.35. The predicted molar refractivity (Wildman–Crippen MR) is 131 cm³/mol. The zero-order valence-electron chi connectivity index (χ0n) is 20.6. The van der Waals surface area contributed by atoms with Crippen LogP contribution in [0.5, 0.6) is 0 Å². The Bertz CT molecular complexity index is 673. The van der Waals surface area contributed by atoms with Crippen LogP contribution < -0.4 is 27.4 Å². The van der Waals surface area contributed by atoms with Gasteiger partial charge in [0.05, 0.1) is 0 Å². The largest absolute Gasteiger partial charge is 0.370 e. The van der Waals surface area contributed by atoms with E-state index in [-0.39, 0.29) is 28.8 Å². The Morgan fingerprint density at radius 3 is 2.41 bits per heavy atom. The van der Waals surface area contributed by atoms with Gasteiger partial charge < -0.3 is 21.7 Å². The van der Waals surface area contributed by atoms with Gasteiger partial charge in [-0.15, -0.1) is 0 Å². The van der Waals surface area contributed by atoms with Gasteiger partial charge in [0.15, 0.2) is 11.9 Å². The smallest absolute Gasteiger partial charge is 0.324 e. The molecule has 1 heterocycles. The molecule has 0 spiro atoms. The topological polar surface area (TPSA) is 150 Å². The number of nitrogens with zero attached hydrogens (tertiary/aromatic N) is 3. The van der Waals surface area contributed by atoms with E-state index in [1.165, 1.54) is 19.9 Å². The lowest BCUT2D eigenvalue weighted by atomic mass is 9.74. The Morgan fingerprint density at radius 1 is 1.12 bits per heavy atom. The third-order valence-electron chi connectivity index (χ3n) is 5.36. The van der Waals surface area contributed by atoms with Gasteiger partial charge in [-0.05, 0) is 30.1 Å². The van der Waals surface area contributed by atoms with Gasteiger partial charge in [-0.3, -0.25) is 20.6 Å². The van der Waals surface area contributed by atoms with E-state index in [4.69, 9.17) is 11.5 Å². The molecule has 4 amide bonds. The van der Waals surface area contributed by atoms with Gasteiger partial charge in [0, 0.05) is 33.2 Å². The van der Waals surface area contributed by atoms with Crippen molar-refractivity contribution in [2.45, 2.75) is 72.6 Å².